The van der Waals surface area contributed by atoms with Crippen LogP contribution < -0.4 is 5.32 Å². The van der Waals surface area contributed by atoms with Crippen LogP contribution in [0.5, 0.6) is 5.75 Å². The molecule has 0 aliphatic rings. The molecule has 3 N–H and O–H groups in total. The van der Waals surface area contributed by atoms with Gasteiger partial charge in [0, 0.05) is 28.1 Å². The molecule has 118 valence electrons. The number of aromatic amines is 1. The van der Waals surface area contributed by atoms with Crippen LogP contribution in [-0.2, 0) is 6.42 Å². The number of phenolic OH excluding ortho intramolecular Hbond substituents is 1. The van der Waals surface area contributed by atoms with Crippen LogP contribution in [0.1, 0.15) is 21.5 Å². The summed E-state index contributed by atoms with van der Waals surface area (Å²) in [6, 6.07) is 11.0. The van der Waals surface area contributed by atoms with E-state index in [0.29, 0.717) is 18.5 Å². The summed E-state index contributed by atoms with van der Waals surface area (Å²) in [5, 5.41) is 13.8. The molecule has 23 heavy (non-hydrogen) atoms. The van der Waals surface area contributed by atoms with Crippen LogP contribution in [0.15, 0.2) is 47.1 Å². The van der Waals surface area contributed by atoms with Crippen molar-refractivity contribution in [3.05, 3.63) is 63.8 Å². The van der Waals surface area contributed by atoms with Gasteiger partial charge in [0.1, 0.15) is 5.75 Å². The van der Waals surface area contributed by atoms with E-state index in [2.05, 4.69) is 26.2 Å². The van der Waals surface area contributed by atoms with Crippen molar-refractivity contribution in [2.45, 2.75) is 13.3 Å². The highest BCUT2D eigenvalue weighted by Crippen LogP contribution is 2.27. The van der Waals surface area contributed by atoms with Crippen molar-refractivity contribution >= 4 is 32.7 Å². The number of carbonyl (C=O) groups is 1. The number of H-pyrrole nitrogens is 1. The lowest BCUT2D eigenvalue weighted by Crippen LogP contribution is -2.25. The highest BCUT2D eigenvalue weighted by Gasteiger charge is 2.11. The fraction of sp³-hybridized carbons (Fsp3) is 0.167. The second-order valence-electron chi connectivity index (χ2n) is 5.50. The van der Waals surface area contributed by atoms with E-state index in [0.717, 1.165) is 26.5 Å². The number of carbonyl (C=O) groups excluding carboxylic acids is 1. The number of halogens is 1. The Balaban J connectivity index is 1.68. The minimum absolute atomic E-state index is 0.0114. The number of benzene rings is 2. The first kappa shape index (κ1) is 15.6. The van der Waals surface area contributed by atoms with Crippen molar-refractivity contribution in [1.29, 1.82) is 0 Å². The molecule has 5 heteroatoms. The molecule has 0 saturated carbocycles. The summed E-state index contributed by atoms with van der Waals surface area (Å²) in [5.41, 5.74) is 3.43. The number of nitrogens with one attached hydrogen (secondary N) is 2. The maximum atomic E-state index is 12.1. The van der Waals surface area contributed by atoms with Crippen LogP contribution in [0.4, 0.5) is 0 Å². The first-order valence-corrected chi connectivity index (χ1v) is 8.18. The van der Waals surface area contributed by atoms with Crippen molar-refractivity contribution in [3.8, 4) is 5.75 Å². The van der Waals surface area contributed by atoms with Crippen molar-refractivity contribution in [1.82, 2.24) is 10.3 Å². The summed E-state index contributed by atoms with van der Waals surface area (Å²) in [7, 11) is 0. The van der Waals surface area contributed by atoms with Gasteiger partial charge in [-0.05, 0) is 48.7 Å². The van der Waals surface area contributed by atoms with E-state index in [1.165, 1.54) is 0 Å². The predicted molar refractivity (Wildman–Crippen MR) is 94.9 cm³/mol. The SMILES string of the molecule is Cc1ccc(C(=O)NCCc2c[nH]c3cccc(Br)c23)c(O)c1. The largest absolute Gasteiger partial charge is 0.507 e. The molecule has 0 radical (unpaired) electrons. The maximum Gasteiger partial charge on any atom is 0.255 e. The molecular weight excluding hydrogens is 356 g/mol. The average Bonchev–Trinajstić information content (AvgIpc) is 2.92. The number of hydrogen-bond acceptors (Lipinski definition) is 2. The van der Waals surface area contributed by atoms with Gasteiger partial charge in [-0.1, -0.05) is 28.1 Å². The van der Waals surface area contributed by atoms with E-state index in [1.54, 1.807) is 12.1 Å². The minimum atomic E-state index is -0.263. The summed E-state index contributed by atoms with van der Waals surface area (Å²) in [4.78, 5) is 15.4. The number of aryl methyl sites for hydroxylation is 1. The average molecular weight is 373 g/mol. The van der Waals surface area contributed by atoms with Crippen molar-refractivity contribution in [3.63, 3.8) is 0 Å². The molecule has 0 unspecified atom stereocenters. The van der Waals surface area contributed by atoms with Crippen LogP contribution in [0.3, 0.4) is 0 Å². The van der Waals surface area contributed by atoms with Crippen molar-refractivity contribution < 1.29 is 9.90 Å². The third kappa shape index (κ3) is 3.24. The lowest BCUT2D eigenvalue weighted by atomic mass is 10.1. The molecule has 1 aromatic heterocycles. The Morgan fingerprint density at radius 3 is 2.91 bits per heavy atom. The highest BCUT2D eigenvalue weighted by molar-refractivity contribution is 9.10. The van der Waals surface area contributed by atoms with E-state index in [9.17, 15) is 9.90 Å². The zero-order valence-electron chi connectivity index (χ0n) is 12.7. The molecular formula is C18H17BrN2O2. The molecule has 1 amide bonds. The van der Waals surface area contributed by atoms with Crippen molar-refractivity contribution in [2.24, 2.45) is 0 Å². The fourth-order valence-corrected chi connectivity index (χ4v) is 3.27. The van der Waals surface area contributed by atoms with Crippen LogP contribution in [0, 0.1) is 6.92 Å². The number of fused-ring (bicyclic) bond motifs is 1. The third-order valence-corrected chi connectivity index (χ3v) is 4.48. The summed E-state index contributed by atoms with van der Waals surface area (Å²) in [6.45, 7) is 2.37. The molecule has 0 bridgehead atoms. The molecule has 0 aliphatic carbocycles. The summed E-state index contributed by atoms with van der Waals surface area (Å²) in [6.07, 6.45) is 2.67. The van der Waals surface area contributed by atoms with Gasteiger partial charge in [0.2, 0.25) is 0 Å². The molecule has 3 aromatic rings. The Hall–Kier alpha value is -2.27. The predicted octanol–water partition coefficient (Wildman–Crippen LogP) is 3.92. The van der Waals surface area contributed by atoms with E-state index < -0.39 is 0 Å². The molecule has 4 nitrogen and oxygen atoms in total. The number of aromatic nitrogens is 1. The van der Waals surface area contributed by atoms with Gasteiger partial charge in [-0.2, -0.15) is 0 Å². The molecule has 0 spiro atoms. The lowest BCUT2D eigenvalue weighted by molar-refractivity contribution is 0.0951. The second-order valence-corrected chi connectivity index (χ2v) is 6.36. The second kappa shape index (κ2) is 6.46. The standard InChI is InChI=1S/C18H17BrN2O2/c1-11-5-6-13(16(22)9-11)18(23)20-8-7-12-10-21-15-4-2-3-14(19)17(12)15/h2-6,9-10,21-22H,7-8H2,1H3,(H,20,23). The Bertz CT molecular complexity index is 871. The summed E-state index contributed by atoms with van der Waals surface area (Å²) in [5.74, 6) is -0.251. The molecule has 0 saturated heterocycles. The summed E-state index contributed by atoms with van der Waals surface area (Å²) < 4.78 is 1.04. The molecule has 0 atom stereocenters. The maximum absolute atomic E-state index is 12.1. The van der Waals surface area contributed by atoms with Gasteiger partial charge in [0.15, 0.2) is 0 Å². The normalized spacial score (nSPS) is 10.9. The van der Waals surface area contributed by atoms with Gasteiger partial charge in [0.05, 0.1) is 5.56 Å². The number of phenols is 1. The number of amides is 1. The Labute approximate surface area is 142 Å². The van der Waals surface area contributed by atoms with E-state index in [1.807, 2.05) is 37.4 Å². The monoisotopic (exact) mass is 372 g/mol. The van der Waals surface area contributed by atoms with Crippen LogP contribution in [0.2, 0.25) is 0 Å². The van der Waals surface area contributed by atoms with Gasteiger partial charge in [-0.3, -0.25) is 4.79 Å². The Kier molecular flexibility index (Phi) is 4.39. The van der Waals surface area contributed by atoms with Crippen LogP contribution in [-0.4, -0.2) is 22.5 Å². The van der Waals surface area contributed by atoms with Gasteiger partial charge < -0.3 is 15.4 Å². The van der Waals surface area contributed by atoms with Crippen LogP contribution >= 0.6 is 15.9 Å². The molecule has 1 heterocycles. The number of aromatic hydroxyl groups is 1. The molecule has 3 rings (SSSR count). The van der Waals surface area contributed by atoms with Gasteiger partial charge in [-0.15, -0.1) is 0 Å². The summed E-state index contributed by atoms with van der Waals surface area (Å²) >= 11 is 3.56. The molecule has 0 aliphatic heterocycles. The van der Waals surface area contributed by atoms with E-state index >= 15 is 0 Å². The highest BCUT2D eigenvalue weighted by atomic mass is 79.9. The zero-order valence-corrected chi connectivity index (χ0v) is 14.3. The van der Waals surface area contributed by atoms with E-state index in [4.69, 9.17) is 0 Å². The van der Waals surface area contributed by atoms with Gasteiger partial charge in [0.25, 0.3) is 5.91 Å². The van der Waals surface area contributed by atoms with E-state index in [-0.39, 0.29) is 11.7 Å². The quantitative estimate of drug-likeness (QED) is 0.649. The lowest BCUT2D eigenvalue weighted by Gasteiger charge is -2.07. The van der Waals surface area contributed by atoms with Crippen LogP contribution in [0.25, 0.3) is 10.9 Å². The third-order valence-electron chi connectivity index (χ3n) is 3.81. The van der Waals surface area contributed by atoms with Gasteiger partial charge >= 0.3 is 0 Å². The smallest absolute Gasteiger partial charge is 0.255 e. The first-order valence-electron chi connectivity index (χ1n) is 7.38. The van der Waals surface area contributed by atoms with Gasteiger partial charge in [-0.25, -0.2) is 0 Å². The molecule has 2 aromatic carbocycles. The Morgan fingerprint density at radius 1 is 1.30 bits per heavy atom. The minimum Gasteiger partial charge on any atom is -0.507 e. The van der Waals surface area contributed by atoms with Crippen molar-refractivity contribution in [2.75, 3.05) is 6.54 Å². The topological polar surface area (TPSA) is 65.1 Å². The first-order chi connectivity index (χ1) is 11.1. The zero-order chi connectivity index (χ0) is 16.4. The fourth-order valence-electron chi connectivity index (χ4n) is 2.64. The number of hydrogen-bond donors (Lipinski definition) is 3. The molecule has 0 fully saturated rings. The Morgan fingerprint density at radius 2 is 2.13 bits per heavy atom. The number of rotatable bonds is 4.